The average Bonchev–Trinajstić information content (AvgIpc) is 2.51. The molecular weight excluding hydrogens is 322 g/mol. The van der Waals surface area contributed by atoms with Gasteiger partial charge in [-0.1, -0.05) is 71.7 Å². The normalized spacial score (nSPS) is 13.9. The molecule has 0 aromatic heterocycles. The first-order valence-electron chi connectivity index (χ1n) is 7.72. The number of hydrogen-bond donors (Lipinski definition) is 1. The predicted octanol–water partition coefficient (Wildman–Crippen LogP) is 5.95. The highest BCUT2D eigenvalue weighted by Crippen LogP contribution is 2.25. The van der Waals surface area contributed by atoms with E-state index >= 15 is 0 Å². The Kier molecular flexibility index (Phi) is 6.01. The number of nitrogens with one attached hydrogen (secondary N) is 1. The molecule has 0 saturated carbocycles. The fourth-order valence-corrected chi connectivity index (χ4v) is 2.90. The van der Waals surface area contributed by atoms with Crippen LogP contribution in [0.3, 0.4) is 0 Å². The molecule has 0 aliphatic rings. The lowest BCUT2D eigenvalue weighted by molar-refractivity contribution is 0.426. The maximum Gasteiger partial charge on any atom is 0.0323 e. The van der Waals surface area contributed by atoms with Gasteiger partial charge in [-0.3, -0.25) is 0 Å². The predicted molar refractivity (Wildman–Crippen MR) is 94.5 cm³/mol. The van der Waals surface area contributed by atoms with Gasteiger partial charge in [-0.05, 0) is 43.0 Å². The second-order valence-corrected chi connectivity index (χ2v) is 6.47. The summed E-state index contributed by atoms with van der Waals surface area (Å²) in [6, 6.07) is 18.3. The molecule has 0 radical (unpaired) electrons. The van der Waals surface area contributed by atoms with Gasteiger partial charge in [0.1, 0.15) is 0 Å². The fourth-order valence-electron chi connectivity index (χ4n) is 2.64. The van der Waals surface area contributed by atoms with E-state index in [1.54, 1.807) is 0 Å². The Labute approximate surface area is 136 Å². The zero-order valence-corrected chi connectivity index (χ0v) is 14.7. The van der Waals surface area contributed by atoms with Gasteiger partial charge in [0.15, 0.2) is 0 Å². The summed E-state index contributed by atoms with van der Waals surface area (Å²) in [5.41, 5.74) is 4.04. The summed E-state index contributed by atoms with van der Waals surface area (Å²) in [5, 5.41) is 3.81. The standard InChI is InChI=1S/C19H24BrN/c1-4-18(15-8-6-14(3)7-9-15)21-19(5-2)16-10-12-17(20)13-11-16/h6-13,18-19,21H,4-5H2,1-3H3. The van der Waals surface area contributed by atoms with Crippen molar-refractivity contribution < 1.29 is 0 Å². The van der Waals surface area contributed by atoms with Crippen LogP contribution in [0.2, 0.25) is 0 Å². The Morgan fingerprint density at radius 2 is 1.24 bits per heavy atom. The second kappa shape index (κ2) is 7.77. The summed E-state index contributed by atoms with van der Waals surface area (Å²) in [7, 11) is 0. The van der Waals surface area contributed by atoms with Gasteiger partial charge in [0.05, 0.1) is 0 Å². The van der Waals surface area contributed by atoms with E-state index in [2.05, 4.69) is 90.5 Å². The molecule has 2 atom stereocenters. The van der Waals surface area contributed by atoms with Crippen LogP contribution < -0.4 is 5.32 Å². The molecule has 0 aliphatic heterocycles. The van der Waals surface area contributed by atoms with Crippen LogP contribution in [-0.4, -0.2) is 0 Å². The smallest absolute Gasteiger partial charge is 0.0323 e. The molecule has 0 saturated heterocycles. The lowest BCUT2D eigenvalue weighted by Crippen LogP contribution is -2.25. The van der Waals surface area contributed by atoms with E-state index in [4.69, 9.17) is 0 Å². The Morgan fingerprint density at radius 3 is 1.67 bits per heavy atom. The minimum Gasteiger partial charge on any atom is -0.303 e. The van der Waals surface area contributed by atoms with Crippen molar-refractivity contribution in [1.29, 1.82) is 0 Å². The molecule has 0 spiro atoms. The quantitative estimate of drug-likeness (QED) is 0.681. The molecule has 0 bridgehead atoms. The number of halogens is 1. The molecule has 2 unspecified atom stereocenters. The fraction of sp³-hybridized carbons (Fsp3) is 0.368. The monoisotopic (exact) mass is 345 g/mol. The highest BCUT2D eigenvalue weighted by atomic mass is 79.9. The molecule has 0 aliphatic carbocycles. The zero-order chi connectivity index (χ0) is 15.2. The molecule has 1 nitrogen and oxygen atoms in total. The van der Waals surface area contributed by atoms with Crippen LogP contribution in [0.5, 0.6) is 0 Å². The molecule has 2 rings (SSSR count). The highest BCUT2D eigenvalue weighted by molar-refractivity contribution is 9.10. The number of rotatable bonds is 6. The lowest BCUT2D eigenvalue weighted by Gasteiger charge is -2.25. The molecule has 2 aromatic rings. The van der Waals surface area contributed by atoms with E-state index in [0.29, 0.717) is 12.1 Å². The van der Waals surface area contributed by atoms with Crippen molar-refractivity contribution in [3.8, 4) is 0 Å². The summed E-state index contributed by atoms with van der Waals surface area (Å²) in [6.07, 6.45) is 2.18. The van der Waals surface area contributed by atoms with Gasteiger partial charge in [0.2, 0.25) is 0 Å². The van der Waals surface area contributed by atoms with Crippen molar-refractivity contribution in [2.45, 2.75) is 45.7 Å². The van der Waals surface area contributed by atoms with Crippen LogP contribution in [0.25, 0.3) is 0 Å². The average molecular weight is 346 g/mol. The number of benzene rings is 2. The number of hydrogen-bond acceptors (Lipinski definition) is 1. The molecule has 0 amide bonds. The lowest BCUT2D eigenvalue weighted by atomic mass is 9.98. The molecule has 2 aromatic carbocycles. The van der Waals surface area contributed by atoms with Gasteiger partial charge in [0, 0.05) is 16.6 Å². The van der Waals surface area contributed by atoms with E-state index < -0.39 is 0 Å². The molecular formula is C19H24BrN. The highest BCUT2D eigenvalue weighted by Gasteiger charge is 2.15. The van der Waals surface area contributed by atoms with Crippen LogP contribution >= 0.6 is 15.9 Å². The minimum absolute atomic E-state index is 0.393. The topological polar surface area (TPSA) is 12.0 Å². The molecule has 2 heteroatoms. The van der Waals surface area contributed by atoms with Crippen molar-refractivity contribution in [3.05, 3.63) is 69.7 Å². The summed E-state index contributed by atoms with van der Waals surface area (Å²) in [5.74, 6) is 0. The van der Waals surface area contributed by atoms with Crippen LogP contribution in [0, 0.1) is 6.92 Å². The Balaban J connectivity index is 2.15. The summed E-state index contributed by atoms with van der Waals surface area (Å²) in [6.45, 7) is 6.61. The van der Waals surface area contributed by atoms with Gasteiger partial charge < -0.3 is 5.32 Å². The first-order chi connectivity index (χ1) is 10.1. The summed E-state index contributed by atoms with van der Waals surface area (Å²) >= 11 is 3.50. The Hall–Kier alpha value is -1.12. The Morgan fingerprint density at radius 1 is 0.810 bits per heavy atom. The molecule has 0 fully saturated rings. The van der Waals surface area contributed by atoms with E-state index in [1.165, 1.54) is 16.7 Å². The SMILES string of the molecule is CCC(NC(CC)c1ccc(Br)cc1)c1ccc(C)cc1. The van der Waals surface area contributed by atoms with Gasteiger partial charge in [-0.15, -0.1) is 0 Å². The van der Waals surface area contributed by atoms with Gasteiger partial charge in [-0.25, -0.2) is 0 Å². The minimum atomic E-state index is 0.393. The summed E-state index contributed by atoms with van der Waals surface area (Å²) in [4.78, 5) is 0. The van der Waals surface area contributed by atoms with E-state index in [9.17, 15) is 0 Å². The third-order valence-corrected chi connectivity index (χ3v) is 4.50. The van der Waals surface area contributed by atoms with Gasteiger partial charge >= 0.3 is 0 Å². The molecule has 1 N–H and O–H groups in total. The second-order valence-electron chi connectivity index (χ2n) is 5.55. The molecule has 0 heterocycles. The van der Waals surface area contributed by atoms with Crippen LogP contribution in [0.1, 0.15) is 55.5 Å². The van der Waals surface area contributed by atoms with Gasteiger partial charge in [0.25, 0.3) is 0 Å². The van der Waals surface area contributed by atoms with Crippen LogP contribution in [0.15, 0.2) is 53.0 Å². The summed E-state index contributed by atoms with van der Waals surface area (Å²) < 4.78 is 1.13. The number of aryl methyl sites for hydroxylation is 1. The van der Waals surface area contributed by atoms with Crippen molar-refractivity contribution in [1.82, 2.24) is 5.32 Å². The largest absolute Gasteiger partial charge is 0.303 e. The van der Waals surface area contributed by atoms with E-state index in [1.807, 2.05) is 0 Å². The third kappa shape index (κ3) is 4.42. The first-order valence-corrected chi connectivity index (χ1v) is 8.51. The Bertz CT molecular complexity index is 493. The first kappa shape index (κ1) is 16.3. The molecule has 112 valence electrons. The third-order valence-electron chi connectivity index (χ3n) is 3.97. The van der Waals surface area contributed by atoms with Crippen molar-refractivity contribution in [2.24, 2.45) is 0 Å². The van der Waals surface area contributed by atoms with Crippen LogP contribution in [0.4, 0.5) is 0 Å². The zero-order valence-electron chi connectivity index (χ0n) is 13.1. The molecule has 21 heavy (non-hydrogen) atoms. The maximum absolute atomic E-state index is 3.81. The maximum atomic E-state index is 3.81. The van der Waals surface area contributed by atoms with Gasteiger partial charge in [-0.2, -0.15) is 0 Å². The van der Waals surface area contributed by atoms with Crippen molar-refractivity contribution in [3.63, 3.8) is 0 Å². The van der Waals surface area contributed by atoms with E-state index in [0.717, 1.165) is 17.3 Å². The van der Waals surface area contributed by atoms with E-state index in [-0.39, 0.29) is 0 Å². The van der Waals surface area contributed by atoms with Crippen molar-refractivity contribution in [2.75, 3.05) is 0 Å². The van der Waals surface area contributed by atoms with Crippen molar-refractivity contribution >= 4 is 15.9 Å². The van der Waals surface area contributed by atoms with Crippen LogP contribution in [-0.2, 0) is 0 Å².